The van der Waals surface area contributed by atoms with Crippen molar-refractivity contribution in [3.05, 3.63) is 24.3 Å². The molecule has 0 unspecified atom stereocenters. The fourth-order valence-corrected chi connectivity index (χ4v) is 2.57. The van der Waals surface area contributed by atoms with Crippen LogP contribution >= 0.6 is 0 Å². The van der Waals surface area contributed by atoms with Crippen molar-refractivity contribution in [3.8, 4) is 5.75 Å². The van der Waals surface area contributed by atoms with E-state index in [4.69, 9.17) is 9.47 Å². The standard InChI is InChI=1S/C12H17NO5S/c1-4-18-12(14)9-13(2)19(15,16)11-7-5-6-10(8-11)17-3/h5-8H,4,9H2,1-3H3. The Morgan fingerprint density at radius 2 is 2.05 bits per heavy atom. The molecule has 0 fully saturated rings. The van der Waals surface area contributed by atoms with Crippen molar-refractivity contribution < 1.29 is 22.7 Å². The molecule has 1 rings (SSSR count). The quantitative estimate of drug-likeness (QED) is 0.726. The van der Waals surface area contributed by atoms with Crippen LogP contribution < -0.4 is 4.74 Å². The van der Waals surface area contributed by atoms with E-state index < -0.39 is 16.0 Å². The van der Waals surface area contributed by atoms with Crippen LogP contribution in [-0.2, 0) is 19.6 Å². The number of rotatable bonds is 6. The highest BCUT2D eigenvalue weighted by Gasteiger charge is 2.23. The van der Waals surface area contributed by atoms with Crippen molar-refractivity contribution in [1.82, 2.24) is 4.31 Å². The lowest BCUT2D eigenvalue weighted by molar-refractivity contribution is -0.143. The molecule has 6 nitrogen and oxygen atoms in total. The molecule has 1 aromatic carbocycles. The summed E-state index contributed by atoms with van der Waals surface area (Å²) in [7, 11) is -0.955. The Balaban J connectivity index is 2.93. The van der Waals surface area contributed by atoms with Gasteiger partial charge in [0, 0.05) is 13.1 Å². The summed E-state index contributed by atoms with van der Waals surface area (Å²) in [5, 5.41) is 0. The number of likely N-dealkylation sites (N-methyl/N-ethyl adjacent to an activating group) is 1. The first-order valence-corrected chi connectivity index (χ1v) is 7.11. The van der Waals surface area contributed by atoms with Gasteiger partial charge in [-0.2, -0.15) is 4.31 Å². The minimum Gasteiger partial charge on any atom is -0.497 e. The summed E-state index contributed by atoms with van der Waals surface area (Å²) in [6.07, 6.45) is 0. The van der Waals surface area contributed by atoms with Gasteiger partial charge in [-0.25, -0.2) is 8.42 Å². The maximum atomic E-state index is 12.2. The second-order valence-corrected chi connectivity index (χ2v) is 5.79. The van der Waals surface area contributed by atoms with E-state index in [2.05, 4.69) is 0 Å². The highest BCUT2D eigenvalue weighted by atomic mass is 32.2. The first kappa shape index (κ1) is 15.5. The molecule has 0 aromatic heterocycles. The van der Waals surface area contributed by atoms with Crippen molar-refractivity contribution in [2.75, 3.05) is 27.3 Å². The average molecular weight is 287 g/mol. The van der Waals surface area contributed by atoms with Gasteiger partial charge < -0.3 is 9.47 Å². The number of sulfonamides is 1. The molecule has 0 bridgehead atoms. The molecule has 0 N–H and O–H groups in total. The minimum absolute atomic E-state index is 0.0682. The first-order chi connectivity index (χ1) is 8.91. The van der Waals surface area contributed by atoms with E-state index in [9.17, 15) is 13.2 Å². The highest BCUT2D eigenvalue weighted by Crippen LogP contribution is 2.19. The van der Waals surface area contributed by atoms with Crippen molar-refractivity contribution in [1.29, 1.82) is 0 Å². The Labute approximate surface area is 113 Å². The molecule has 0 aliphatic rings. The van der Waals surface area contributed by atoms with E-state index in [-0.39, 0.29) is 18.0 Å². The van der Waals surface area contributed by atoms with Crippen LogP contribution in [0.1, 0.15) is 6.92 Å². The number of methoxy groups -OCH3 is 1. The number of benzene rings is 1. The zero-order chi connectivity index (χ0) is 14.5. The summed E-state index contributed by atoms with van der Waals surface area (Å²) < 4.78 is 35.0. The number of carbonyl (C=O) groups excluding carboxylic acids is 1. The number of nitrogens with zero attached hydrogens (tertiary/aromatic N) is 1. The average Bonchev–Trinajstić information content (AvgIpc) is 2.38. The molecule has 0 saturated heterocycles. The Morgan fingerprint density at radius 1 is 1.37 bits per heavy atom. The van der Waals surface area contributed by atoms with E-state index >= 15 is 0 Å². The van der Waals surface area contributed by atoms with Gasteiger partial charge in [0.05, 0.1) is 18.6 Å². The zero-order valence-corrected chi connectivity index (χ0v) is 11.9. The van der Waals surface area contributed by atoms with Gasteiger partial charge in [0.1, 0.15) is 12.3 Å². The van der Waals surface area contributed by atoms with Gasteiger partial charge in [0.2, 0.25) is 10.0 Å². The lowest BCUT2D eigenvalue weighted by Gasteiger charge is -2.16. The second kappa shape index (κ2) is 6.53. The Hall–Kier alpha value is -1.60. The van der Waals surface area contributed by atoms with Crippen molar-refractivity contribution >= 4 is 16.0 Å². The van der Waals surface area contributed by atoms with Crippen molar-refractivity contribution in [2.24, 2.45) is 0 Å². The van der Waals surface area contributed by atoms with Crippen LogP contribution in [0.3, 0.4) is 0 Å². The number of hydrogen-bond acceptors (Lipinski definition) is 5. The van der Waals surface area contributed by atoms with Gasteiger partial charge in [0.25, 0.3) is 0 Å². The van der Waals surface area contributed by atoms with Crippen LogP contribution in [0.4, 0.5) is 0 Å². The first-order valence-electron chi connectivity index (χ1n) is 5.67. The summed E-state index contributed by atoms with van der Waals surface area (Å²) in [6.45, 7) is 1.55. The monoisotopic (exact) mass is 287 g/mol. The maximum Gasteiger partial charge on any atom is 0.321 e. The number of carbonyl (C=O) groups is 1. The second-order valence-electron chi connectivity index (χ2n) is 3.75. The fraction of sp³-hybridized carbons (Fsp3) is 0.417. The van der Waals surface area contributed by atoms with Crippen LogP contribution in [0.5, 0.6) is 5.75 Å². The summed E-state index contributed by atoms with van der Waals surface area (Å²) in [6, 6.07) is 6.06. The van der Waals surface area contributed by atoms with E-state index in [1.165, 1.54) is 26.3 Å². The lowest BCUT2D eigenvalue weighted by atomic mass is 10.3. The van der Waals surface area contributed by atoms with Crippen molar-refractivity contribution in [2.45, 2.75) is 11.8 Å². The maximum absolute atomic E-state index is 12.2. The normalized spacial score (nSPS) is 11.4. The molecule has 0 radical (unpaired) electrons. The molecule has 0 amide bonds. The van der Waals surface area contributed by atoms with Gasteiger partial charge in [-0.3, -0.25) is 4.79 Å². The third-order valence-corrected chi connectivity index (χ3v) is 4.21. The van der Waals surface area contributed by atoms with E-state index in [1.807, 2.05) is 0 Å². The van der Waals surface area contributed by atoms with E-state index in [0.717, 1.165) is 4.31 Å². The largest absolute Gasteiger partial charge is 0.497 e. The Kier molecular flexibility index (Phi) is 5.31. The third-order valence-electron chi connectivity index (χ3n) is 2.41. The number of hydrogen-bond donors (Lipinski definition) is 0. The van der Waals surface area contributed by atoms with Crippen LogP contribution in [0.2, 0.25) is 0 Å². The van der Waals surface area contributed by atoms with Crippen LogP contribution in [-0.4, -0.2) is 46.0 Å². The molecule has 0 atom stereocenters. The minimum atomic E-state index is -3.73. The van der Waals surface area contributed by atoms with Crippen LogP contribution in [0.15, 0.2) is 29.2 Å². The molecule has 7 heteroatoms. The summed E-state index contributed by atoms with van der Waals surface area (Å²) in [5.74, 6) is -0.151. The van der Waals surface area contributed by atoms with Gasteiger partial charge >= 0.3 is 5.97 Å². The summed E-state index contributed by atoms with van der Waals surface area (Å²) >= 11 is 0. The molecule has 0 aliphatic heterocycles. The van der Waals surface area contributed by atoms with Crippen LogP contribution in [0.25, 0.3) is 0 Å². The smallest absolute Gasteiger partial charge is 0.321 e. The van der Waals surface area contributed by atoms with Gasteiger partial charge in [-0.05, 0) is 19.1 Å². The molecule has 0 saturated carbocycles. The van der Waals surface area contributed by atoms with Gasteiger partial charge in [-0.1, -0.05) is 6.07 Å². The Bertz CT molecular complexity index is 541. The molecule has 1 aromatic rings. The lowest BCUT2D eigenvalue weighted by Crippen LogP contribution is -2.33. The molecular formula is C12H17NO5S. The van der Waals surface area contributed by atoms with E-state index in [0.29, 0.717) is 5.75 Å². The molecular weight excluding hydrogens is 270 g/mol. The molecule has 0 spiro atoms. The van der Waals surface area contributed by atoms with Crippen LogP contribution in [0, 0.1) is 0 Å². The molecule has 106 valence electrons. The van der Waals surface area contributed by atoms with E-state index in [1.54, 1.807) is 19.1 Å². The summed E-state index contributed by atoms with van der Waals surface area (Å²) in [4.78, 5) is 11.4. The number of ether oxygens (including phenoxy) is 2. The highest BCUT2D eigenvalue weighted by molar-refractivity contribution is 7.89. The predicted octanol–water partition coefficient (Wildman–Crippen LogP) is 0.879. The van der Waals surface area contributed by atoms with Crippen molar-refractivity contribution in [3.63, 3.8) is 0 Å². The van der Waals surface area contributed by atoms with Gasteiger partial charge in [-0.15, -0.1) is 0 Å². The molecule has 0 aliphatic carbocycles. The SMILES string of the molecule is CCOC(=O)CN(C)S(=O)(=O)c1cccc(OC)c1. The molecule has 0 heterocycles. The topological polar surface area (TPSA) is 72.9 Å². The Morgan fingerprint density at radius 3 is 2.63 bits per heavy atom. The predicted molar refractivity (Wildman–Crippen MR) is 69.4 cm³/mol. The summed E-state index contributed by atoms with van der Waals surface area (Å²) in [5.41, 5.74) is 0. The number of esters is 1. The fourth-order valence-electron chi connectivity index (χ4n) is 1.42. The molecule has 19 heavy (non-hydrogen) atoms. The third kappa shape index (κ3) is 3.93. The zero-order valence-electron chi connectivity index (χ0n) is 11.1. The van der Waals surface area contributed by atoms with Gasteiger partial charge in [0.15, 0.2) is 0 Å².